The van der Waals surface area contributed by atoms with Gasteiger partial charge in [0.05, 0.1) is 22.2 Å². The molecule has 128 valence electrons. The monoisotopic (exact) mass is 437 g/mol. The minimum absolute atomic E-state index is 0.0970. The van der Waals surface area contributed by atoms with Gasteiger partial charge < -0.3 is 5.32 Å². The summed E-state index contributed by atoms with van der Waals surface area (Å²) in [5.41, 5.74) is 2.53. The molecule has 3 aromatic rings. The number of nitrogens with zero attached hydrogens (tertiary/aromatic N) is 1. The van der Waals surface area contributed by atoms with Crippen LogP contribution < -0.4 is 10.0 Å². The molecule has 1 aromatic heterocycles. The fourth-order valence-corrected chi connectivity index (χ4v) is 4.29. The summed E-state index contributed by atoms with van der Waals surface area (Å²) in [6.45, 7) is 0. The van der Waals surface area contributed by atoms with Gasteiger partial charge >= 0.3 is 0 Å². The van der Waals surface area contributed by atoms with E-state index in [1.54, 1.807) is 18.2 Å². The van der Waals surface area contributed by atoms with E-state index in [2.05, 4.69) is 31.0 Å². The van der Waals surface area contributed by atoms with Crippen LogP contribution in [0.2, 0.25) is 0 Å². The van der Waals surface area contributed by atoms with E-state index in [0.29, 0.717) is 20.7 Å². The number of carbonyl (C=O) groups is 1. The Hall–Kier alpha value is -2.23. The summed E-state index contributed by atoms with van der Waals surface area (Å²) in [6, 6.07) is 13.0. The van der Waals surface area contributed by atoms with Crippen molar-refractivity contribution >= 4 is 53.9 Å². The summed E-state index contributed by atoms with van der Waals surface area (Å²) in [4.78, 5) is 16.2. The average molecular weight is 438 g/mol. The Kier molecular flexibility index (Phi) is 5.16. The molecule has 0 unspecified atom stereocenters. The van der Waals surface area contributed by atoms with Crippen molar-refractivity contribution in [3.8, 4) is 0 Å². The summed E-state index contributed by atoms with van der Waals surface area (Å²) < 4.78 is 27.7. The Morgan fingerprint density at radius 3 is 2.44 bits per heavy atom. The molecule has 0 spiro atoms. The Morgan fingerprint density at radius 1 is 1.08 bits per heavy atom. The molecule has 2 aromatic carbocycles. The van der Waals surface area contributed by atoms with Gasteiger partial charge in [0.2, 0.25) is 0 Å². The molecule has 0 aliphatic heterocycles. The van der Waals surface area contributed by atoms with E-state index in [4.69, 9.17) is 0 Å². The summed E-state index contributed by atoms with van der Waals surface area (Å²) in [6.07, 6.45) is 1.44. The number of sulfonamides is 1. The molecule has 0 aliphatic rings. The van der Waals surface area contributed by atoms with Crippen molar-refractivity contribution in [1.82, 2.24) is 4.98 Å². The summed E-state index contributed by atoms with van der Waals surface area (Å²) in [5, 5.41) is 3.17. The maximum Gasteiger partial charge on any atom is 0.262 e. The number of halogens is 1. The lowest BCUT2D eigenvalue weighted by molar-refractivity contribution is 0.102. The number of anilines is 2. The highest BCUT2D eigenvalue weighted by molar-refractivity contribution is 9.10. The lowest BCUT2D eigenvalue weighted by Gasteiger charge is -2.09. The summed E-state index contributed by atoms with van der Waals surface area (Å²) >= 11 is 4.52. The van der Waals surface area contributed by atoms with E-state index >= 15 is 0 Å². The molecule has 1 heterocycles. The lowest BCUT2D eigenvalue weighted by Crippen LogP contribution is -2.14. The number of nitrogens with one attached hydrogen (secondary N) is 2. The van der Waals surface area contributed by atoms with Crippen LogP contribution in [0.3, 0.4) is 0 Å². The predicted octanol–water partition coefficient (Wildman–Crippen LogP) is 3.96. The van der Waals surface area contributed by atoms with Crippen LogP contribution in [-0.4, -0.2) is 19.3 Å². The Balaban J connectivity index is 1.74. The van der Waals surface area contributed by atoms with Crippen molar-refractivity contribution in [2.45, 2.75) is 4.90 Å². The van der Waals surface area contributed by atoms with Crippen LogP contribution >= 0.6 is 27.3 Å². The van der Waals surface area contributed by atoms with Gasteiger partial charge in [-0.2, -0.15) is 0 Å². The van der Waals surface area contributed by atoms with Gasteiger partial charge in [0.25, 0.3) is 15.9 Å². The zero-order valence-electron chi connectivity index (χ0n) is 12.6. The first-order valence-electron chi connectivity index (χ1n) is 7.03. The first kappa shape index (κ1) is 17.6. The molecule has 9 heteroatoms. The smallest absolute Gasteiger partial charge is 0.262 e. The molecule has 0 atom stereocenters. The predicted molar refractivity (Wildman–Crippen MR) is 101 cm³/mol. The second-order valence-electron chi connectivity index (χ2n) is 4.93. The average Bonchev–Trinajstić information content (AvgIpc) is 3.08. The first-order valence-corrected chi connectivity index (χ1v) is 10.2. The van der Waals surface area contributed by atoms with E-state index < -0.39 is 10.0 Å². The highest BCUT2D eigenvalue weighted by Gasteiger charge is 2.15. The van der Waals surface area contributed by atoms with Gasteiger partial charge in [0, 0.05) is 10.2 Å². The van der Waals surface area contributed by atoms with Crippen molar-refractivity contribution in [2.75, 3.05) is 10.0 Å². The Bertz CT molecular complexity index is 988. The molecule has 0 radical (unpaired) electrons. The number of carbonyl (C=O) groups excluding carboxylic acids is 1. The van der Waals surface area contributed by atoms with Gasteiger partial charge in [-0.1, -0.05) is 12.1 Å². The van der Waals surface area contributed by atoms with Crippen molar-refractivity contribution < 1.29 is 13.2 Å². The summed E-state index contributed by atoms with van der Waals surface area (Å²) in [5.74, 6) is -0.286. The van der Waals surface area contributed by atoms with Crippen LogP contribution in [0, 0.1) is 0 Å². The lowest BCUT2D eigenvalue weighted by atomic mass is 10.2. The second kappa shape index (κ2) is 7.34. The van der Waals surface area contributed by atoms with E-state index in [1.807, 2.05) is 6.07 Å². The number of rotatable bonds is 5. The van der Waals surface area contributed by atoms with E-state index in [1.165, 1.54) is 47.3 Å². The largest absolute Gasteiger partial charge is 0.322 e. The number of benzene rings is 2. The van der Waals surface area contributed by atoms with Crippen LogP contribution in [0.1, 0.15) is 10.4 Å². The van der Waals surface area contributed by atoms with Gasteiger partial charge in [-0.25, -0.2) is 8.42 Å². The van der Waals surface area contributed by atoms with Gasteiger partial charge in [0.15, 0.2) is 0 Å². The maximum absolute atomic E-state index is 12.3. The molecule has 3 rings (SSSR count). The molecule has 1 amide bonds. The molecule has 0 bridgehead atoms. The fourth-order valence-electron chi connectivity index (χ4n) is 2.02. The van der Waals surface area contributed by atoms with Crippen molar-refractivity contribution in [3.05, 3.63) is 70.3 Å². The molecule has 0 saturated carbocycles. The van der Waals surface area contributed by atoms with Crippen LogP contribution in [0.5, 0.6) is 0 Å². The molecule has 2 N–H and O–H groups in total. The number of hydrogen-bond acceptors (Lipinski definition) is 5. The summed E-state index contributed by atoms with van der Waals surface area (Å²) in [7, 11) is -3.69. The quantitative estimate of drug-likeness (QED) is 0.631. The Labute approximate surface area is 157 Å². The third-order valence-corrected chi connectivity index (χ3v) is 6.10. The van der Waals surface area contributed by atoms with Gasteiger partial charge in [-0.3, -0.25) is 14.5 Å². The molecule has 25 heavy (non-hydrogen) atoms. The number of amides is 1. The zero-order chi connectivity index (χ0) is 17.9. The fraction of sp³-hybridized carbons (Fsp3) is 0. The van der Waals surface area contributed by atoms with E-state index in [-0.39, 0.29) is 10.8 Å². The van der Waals surface area contributed by atoms with Gasteiger partial charge in [0.1, 0.15) is 5.00 Å². The normalized spacial score (nSPS) is 11.1. The third-order valence-electron chi connectivity index (χ3n) is 3.21. The van der Waals surface area contributed by atoms with Crippen molar-refractivity contribution in [2.24, 2.45) is 0 Å². The second-order valence-corrected chi connectivity index (χ2v) is 8.35. The molecular weight excluding hydrogens is 426 g/mol. The highest BCUT2D eigenvalue weighted by Crippen LogP contribution is 2.22. The standard InChI is InChI=1S/C16H12BrN3O3S2/c17-14-4-2-1-3-13(14)16(21)19-11-5-7-12(8-6-11)25(22,23)20-15-9-18-10-24-15/h1-10,20H,(H,19,21). The minimum atomic E-state index is -3.69. The topological polar surface area (TPSA) is 88.2 Å². The van der Waals surface area contributed by atoms with Crippen LogP contribution in [-0.2, 0) is 10.0 Å². The minimum Gasteiger partial charge on any atom is -0.322 e. The molecule has 0 saturated heterocycles. The zero-order valence-corrected chi connectivity index (χ0v) is 15.9. The van der Waals surface area contributed by atoms with E-state index in [0.717, 1.165) is 0 Å². The number of thiazole rings is 1. The van der Waals surface area contributed by atoms with Crippen LogP contribution in [0.4, 0.5) is 10.7 Å². The first-order chi connectivity index (χ1) is 12.0. The molecule has 6 nitrogen and oxygen atoms in total. The van der Waals surface area contributed by atoms with Crippen LogP contribution in [0.25, 0.3) is 0 Å². The highest BCUT2D eigenvalue weighted by atomic mass is 79.9. The van der Waals surface area contributed by atoms with Crippen LogP contribution in [0.15, 0.2) is 69.6 Å². The molecular formula is C16H12BrN3O3S2. The molecule has 0 aliphatic carbocycles. The Morgan fingerprint density at radius 2 is 1.80 bits per heavy atom. The van der Waals surface area contributed by atoms with Gasteiger partial charge in [-0.05, 0) is 52.3 Å². The van der Waals surface area contributed by atoms with Crippen molar-refractivity contribution in [1.29, 1.82) is 0 Å². The van der Waals surface area contributed by atoms with E-state index in [9.17, 15) is 13.2 Å². The van der Waals surface area contributed by atoms with Crippen molar-refractivity contribution in [3.63, 3.8) is 0 Å². The maximum atomic E-state index is 12.3. The third kappa shape index (κ3) is 4.25. The SMILES string of the molecule is O=C(Nc1ccc(S(=O)(=O)Nc2cncs2)cc1)c1ccccc1Br. The van der Waals surface area contributed by atoms with Gasteiger partial charge in [-0.15, -0.1) is 11.3 Å². The number of hydrogen-bond donors (Lipinski definition) is 2. The molecule has 0 fully saturated rings. The number of aromatic nitrogens is 1.